The van der Waals surface area contributed by atoms with Crippen LogP contribution in [-0.2, 0) is 0 Å². The third kappa shape index (κ3) is 2.22. The molecule has 0 bridgehead atoms. The molecule has 0 aromatic heterocycles. The van der Waals surface area contributed by atoms with E-state index < -0.39 is 5.38 Å². The number of rotatable bonds is 2. The second-order valence-electron chi connectivity index (χ2n) is 4.45. The van der Waals surface area contributed by atoms with Gasteiger partial charge in [-0.25, -0.2) is 4.39 Å². The summed E-state index contributed by atoms with van der Waals surface area (Å²) >= 11 is 6.48. The van der Waals surface area contributed by atoms with Crippen molar-refractivity contribution in [2.24, 2.45) is 0 Å². The van der Waals surface area contributed by atoms with Gasteiger partial charge in [0, 0.05) is 5.56 Å². The maximum absolute atomic E-state index is 13.8. The molecule has 3 aromatic carbocycles. The maximum Gasteiger partial charge on any atom is 0.128 e. The zero-order valence-corrected chi connectivity index (χ0v) is 10.9. The monoisotopic (exact) mass is 270 g/mol. The summed E-state index contributed by atoms with van der Waals surface area (Å²) in [5.74, 6) is -0.268. The number of hydrogen-bond acceptors (Lipinski definition) is 0. The molecule has 94 valence electrons. The Morgan fingerprint density at radius 3 is 2.21 bits per heavy atom. The van der Waals surface area contributed by atoms with Crippen molar-refractivity contribution in [3.05, 3.63) is 83.7 Å². The number of fused-ring (bicyclic) bond motifs is 1. The fourth-order valence-corrected chi connectivity index (χ4v) is 2.69. The van der Waals surface area contributed by atoms with E-state index in [4.69, 9.17) is 11.6 Å². The molecule has 0 amide bonds. The highest BCUT2D eigenvalue weighted by Gasteiger charge is 2.16. The molecule has 1 atom stereocenters. The Balaban J connectivity index is 2.17. The summed E-state index contributed by atoms with van der Waals surface area (Å²) in [7, 11) is 0. The molecule has 3 rings (SSSR count). The predicted octanol–water partition coefficient (Wildman–Crippen LogP) is 5.31. The third-order valence-corrected chi connectivity index (χ3v) is 3.74. The van der Waals surface area contributed by atoms with E-state index in [1.165, 1.54) is 6.07 Å². The first-order chi connectivity index (χ1) is 9.27. The van der Waals surface area contributed by atoms with Gasteiger partial charge < -0.3 is 0 Å². The first-order valence-corrected chi connectivity index (χ1v) is 6.57. The molecule has 0 saturated heterocycles. The molecule has 0 aliphatic rings. The van der Waals surface area contributed by atoms with Crippen LogP contribution in [0.5, 0.6) is 0 Å². The quantitative estimate of drug-likeness (QED) is 0.554. The van der Waals surface area contributed by atoms with Gasteiger partial charge in [-0.3, -0.25) is 0 Å². The number of hydrogen-bond donors (Lipinski definition) is 0. The van der Waals surface area contributed by atoms with Crippen LogP contribution >= 0.6 is 11.6 Å². The number of halogens is 2. The molecule has 0 fully saturated rings. The molecule has 3 aromatic rings. The summed E-state index contributed by atoms with van der Waals surface area (Å²) in [6, 6.07) is 20.6. The van der Waals surface area contributed by atoms with Crippen molar-refractivity contribution in [2.75, 3.05) is 0 Å². The number of benzene rings is 3. The topological polar surface area (TPSA) is 0 Å². The highest BCUT2D eigenvalue weighted by molar-refractivity contribution is 6.23. The molecule has 0 nitrogen and oxygen atoms in total. The smallest absolute Gasteiger partial charge is 0.128 e. The van der Waals surface area contributed by atoms with E-state index in [-0.39, 0.29) is 5.82 Å². The van der Waals surface area contributed by atoms with Crippen LogP contribution in [0.3, 0.4) is 0 Å². The standard InChI is InChI=1S/C17H12ClF/c18-17(15-9-3-4-11-16(15)19)14-10-5-7-12-6-1-2-8-13(12)14/h1-11,17H. The lowest BCUT2D eigenvalue weighted by Crippen LogP contribution is -1.97. The average Bonchev–Trinajstić information content (AvgIpc) is 2.46. The first kappa shape index (κ1) is 12.2. The summed E-state index contributed by atoms with van der Waals surface area (Å²) in [6.07, 6.45) is 0. The zero-order valence-electron chi connectivity index (χ0n) is 10.2. The van der Waals surface area contributed by atoms with Crippen molar-refractivity contribution in [3.8, 4) is 0 Å². The molecule has 0 heterocycles. The molecule has 0 aliphatic heterocycles. The third-order valence-electron chi connectivity index (χ3n) is 3.27. The van der Waals surface area contributed by atoms with Gasteiger partial charge in [-0.05, 0) is 22.4 Å². The SMILES string of the molecule is Fc1ccccc1C(Cl)c1cccc2ccccc12. The lowest BCUT2D eigenvalue weighted by atomic mass is 9.98. The van der Waals surface area contributed by atoms with Crippen molar-refractivity contribution in [1.29, 1.82) is 0 Å². The highest BCUT2D eigenvalue weighted by atomic mass is 35.5. The number of alkyl halides is 1. The van der Waals surface area contributed by atoms with Gasteiger partial charge in [-0.1, -0.05) is 60.7 Å². The zero-order chi connectivity index (χ0) is 13.2. The lowest BCUT2D eigenvalue weighted by Gasteiger charge is -2.14. The molecule has 2 heteroatoms. The van der Waals surface area contributed by atoms with Crippen LogP contribution in [0.4, 0.5) is 4.39 Å². The summed E-state index contributed by atoms with van der Waals surface area (Å²) in [4.78, 5) is 0. The second kappa shape index (κ2) is 5.02. The molecule has 0 N–H and O–H groups in total. The van der Waals surface area contributed by atoms with Crippen molar-refractivity contribution in [2.45, 2.75) is 5.38 Å². The van der Waals surface area contributed by atoms with E-state index in [0.29, 0.717) is 5.56 Å². The van der Waals surface area contributed by atoms with E-state index in [0.717, 1.165) is 16.3 Å². The lowest BCUT2D eigenvalue weighted by molar-refractivity contribution is 0.612. The van der Waals surface area contributed by atoms with Gasteiger partial charge in [0.25, 0.3) is 0 Å². The van der Waals surface area contributed by atoms with Crippen molar-refractivity contribution < 1.29 is 4.39 Å². The summed E-state index contributed by atoms with van der Waals surface area (Å²) in [5.41, 5.74) is 1.45. The molecule has 0 saturated carbocycles. The van der Waals surface area contributed by atoms with Crippen molar-refractivity contribution in [1.82, 2.24) is 0 Å². The summed E-state index contributed by atoms with van der Waals surface area (Å²) in [5, 5.41) is 1.70. The van der Waals surface area contributed by atoms with Gasteiger partial charge in [-0.2, -0.15) is 0 Å². The van der Waals surface area contributed by atoms with Crippen LogP contribution in [0.1, 0.15) is 16.5 Å². The molecular formula is C17H12ClF. The normalized spacial score (nSPS) is 12.5. The van der Waals surface area contributed by atoms with Crippen LogP contribution < -0.4 is 0 Å². The van der Waals surface area contributed by atoms with Gasteiger partial charge in [0.2, 0.25) is 0 Å². The Bertz CT molecular complexity index is 716. The fourth-order valence-electron chi connectivity index (χ4n) is 2.32. The maximum atomic E-state index is 13.8. The minimum atomic E-state index is -0.479. The van der Waals surface area contributed by atoms with Crippen LogP contribution in [0.25, 0.3) is 10.8 Å². The van der Waals surface area contributed by atoms with Gasteiger partial charge in [-0.15, -0.1) is 11.6 Å². The van der Waals surface area contributed by atoms with Crippen molar-refractivity contribution >= 4 is 22.4 Å². The van der Waals surface area contributed by atoms with E-state index in [9.17, 15) is 4.39 Å². The second-order valence-corrected chi connectivity index (χ2v) is 4.89. The van der Waals surface area contributed by atoms with Crippen LogP contribution in [0.15, 0.2) is 66.7 Å². The van der Waals surface area contributed by atoms with Crippen LogP contribution in [0.2, 0.25) is 0 Å². The van der Waals surface area contributed by atoms with Gasteiger partial charge in [0.1, 0.15) is 5.82 Å². The minimum absolute atomic E-state index is 0.268. The Morgan fingerprint density at radius 2 is 1.37 bits per heavy atom. The van der Waals surface area contributed by atoms with Crippen molar-refractivity contribution in [3.63, 3.8) is 0 Å². The first-order valence-electron chi connectivity index (χ1n) is 6.13. The van der Waals surface area contributed by atoms with Crippen LogP contribution in [0, 0.1) is 5.82 Å². The van der Waals surface area contributed by atoms with E-state index in [1.807, 2.05) is 42.5 Å². The molecule has 0 aliphatic carbocycles. The Kier molecular flexibility index (Phi) is 3.22. The predicted molar refractivity (Wildman–Crippen MR) is 78.0 cm³/mol. The van der Waals surface area contributed by atoms with E-state index in [1.54, 1.807) is 18.2 Å². The van der Waals surface area contributed by atoms with E-state index >= 15 is 0 Å². The van der Waals surface area contributed by atoms with E-state index in [2.05, 4.69) is 0 Å². The van der Waals surface area contributed by atoms with Gasteiger partial charge in [0.05, 0.1) is 5.38 Å². The van der Waals surface area contributed by atoms with Crippen LogP contribution in [-0.4, -0.2) is 0 Å². The average molecular weight is 271 g/mol. The molecule has 19 heavy (non-hydrogen) atoms. The minimum Gasteiger partial charge on any atom is -0.207 e. The summed E-state index contributed by atoms with van der Waals surface area (Å²) in [6.45, 7) is 0. The molecular weight excluding hydrogens is 259 g/mol. The summed E-state index contributed by atoms with van der Waals surface area (Å²) < 4.78 is 13.8. The molecule has 0 radical (unpaired) electrons. The largest absolute Gasteiger partial charge is 0.207 e. The Labute approximate surface area is 116 Å². The Hall–Kier alpha value is -1.86. The van der Waals surface area contributed by atoms with Gasteiger partial charge >= 0.3 is 0 Å². The van der Waals surface area contributed by atoms with Gasteiger partial charge in [0.15, 0.2) is 0 Å². The fraction of sp³-hybridized carbons (Fsp3) is 0.0588. The highest BCUT2D eigenvalue weighted by Crippen LogP contribution is 2.34. The molecule has 0 spiro atoms. The molecule has 1 unspecified atom stereocenters. The Morgan fingerprint density at radius 1 is 0.737 bits per heavy atom.